The summed E-state index contributed by atoms with van der Waals surface area (Å²) in [6.07, 6.45) is 2.21. The number of nitrogens with one attached hydrogen (secondary N) is 1. The van der Waals surface area contributed by atoms with Crippen LogP contribution >= 0.6 is 11.6 Å². The zero-order valence-electron chi connectivity index (χ0n) is 10.3. The predicted octanol–water partition coefficient (Wildman–Crippen LogP) is 2.72. The maximum atomic E-state index is 13.8. The maximum absolute atomic E-state index is 13.8. The first-order valence-corrected chi connectivity index (χ1v) is 6.09. The van der Waals surface area contributed by atoms with E-state index in [1.807, 2.05) is 20.2 Å². The van der Waals surface area contributed by atoms with Crippen molar-refractivity contribution in [2.45, 2.75) is 12.5 Å². The first kappa shape index (κ1) is 13.1. The molecule has 96 valence electrons. The van der Waals surface area contributed by atoms with Gasteiger partial charge >= 0.3 is 0 Å². The molecule has 2 rings (SSSR count). The topological polar surface area (TPSA) is 29.9 Å². The van der Waals surface area contributed by atoms with E-state index in [1.165, 1.54) is 6.07 Å². The second-order valence-electron chi connectivity index (χ2n) is 4.13. The van der Waals surface area contributed by atoms with E-state index in [0.717, 1.165) is 5.69 Å². The van der Waals surface area contributed by atoms with E-state index in [2.05, 4.69) is 10.4 Å². The molecule has 5 heteroatoms. The first-order valence-electron chi connectivity index (χ1n) is 5.71. The Kier molecular flexibility index (Phi) is 3.99. The monoisotopic (exact) mass is 267 g/mol. The Hall–Kier alpha value is -1.39. The molecule has 0 radical (unpaired) electrons. The number of benzene rings is 1. The van der Waals surface area contributed by atoms with Gasteiger partial charge < -0.3 is 5.32 Å². The van der Waals surface area contributed by atoms with Crippen LogP contribution in [0.5, 0.6) is 0 Å². The Morgan fingerprint density at radius 3 is 2.78 bits per heavy atom. The standard InChI is InChI=1S/C13H15ClFN3/c1-16-12(13-6-7-17-18(13)2)8-9-10(14)4-3-5-11(9)15/h3-7,12,16H,8H2,1-2H3. The second-order valence-corrected chi connectivity index (χ2v) is 4.53. The van der Waals surface area contributed by atoms with Crippen LogP contribution < -0.4 is 5.32 Å². The Morgan fingerprint density at radius 2 is 2.22 bits per heavy atom. The molecule has 0 aliphatic heterocycles. The van der Waals surface area contributed by atoms with Crippen LogP contribution in [0.1, 0.15) is 17.3 Å². The third-order valence-corrected chi connectivity index (χ3v) is 3.39. The minimum Gasteiger partial charge on any atom is -0.311 e. The lowest BCUT2D eigenvalue weighted by Crippen LogP contribution is -2.22. The fraction of sp³-hybridized carbons (Fsp3) is 0.308. The summed E-state index contributed by atoms with van der Waals surface area (Å²) in [5.41, 5.74) is 1.52. The quantitative estimate of drug-likeness (QED) is 0.923. The van der Waals surface area contributed by atoms with Gasteiger partial charge in [-0.25, -0.2) is 4.39 Å². The van der Waals surface area contributed by atoms with Crippen molar-refractivity contribution in [3.05, 3.63) is 52.6 Å². The average Bonchev–Trinajstić information content (AvgIpc) is 2.76. The van der Waals surface area contributed by atoms with Gasteiger partial charge in [-0.05, 0) is 31.7 Å². The lowest BCUT2D eigenvalue weighted by atomic mass is 10.0. The number of halogens is 2. The number of rotatable bonds is 4. The molecule has 1 atom stereocenters. The molecule has 0 bridgehead atoms. The summed E-state index contributed by atoms with van der Waals surface area (Å²) in [5, 5.41) is 7.74. The minimum atomic E-state index is -0.273. The largest absolute Gasteiger partial charge is 0.311 e. The van der Waals surface area contributed by atoms with Crippen LogP contribution in [0, 0.1) is 5.82 Å². The predicted molar refractivity (Wildman–Crippen MR) is 70.1 cm³/mol. The molecular weight excluding hydrogens is 253 g/mol. The van der Waals surface area contributed by atoms with Crippen molar-refractivity contribution in [3.8, 4) is 0 Å². The normalized spacial score (nSPS) is 12.7. The molecule has 3 nitrogen and oxygen atoms in total. The zero-order valence-corrected chi connectivity index (χ0v) is 11.1. The van der Waals surface area contributed by atoms with Crippen molar-refractivity contribution >= 4 is 11.6 Å². The van der Waals surface area contributed by atoms with E-state index in [9.17, 15) is 4.39 Å². The highest BCUT2D eigenvalue weighted by atomic mass is 35.5. The van der Waals surface area contributed by atoms with Gasteiger partial charge in [-0.1, -0.05) is 17.7 Å². The SMILES string of the molecule is CNC(Cc1c(F)cccc1Cl)c1ccnn1C. The fourth-order valence-electron chi connectivity index (χ4n) is 2.01. The smallest absolute Gasteiger partial charge is 0.127 e. The number of aryl methyl sites for hydroxylation is 1. The van der Waals surface area contributed by atoms with E-state index in [0.29, 0.717) is 17.0 Å². The van der Waals surface area contributed by atoms with E-state index in [1.54, 1.807) is 23.0 Å². The highest BCUT2D eigenvalue weighted by Gasteiger charge is 2.17. The van der Waals surface area contributed by atoms with Crippen molar-refractivity contribution in [1.82, 2.24) is 15.1 Å². The summed E-state index contributed by atoms with van der Waals surface area (Å²) in [7, 11) is 3.70. The van der Waals surface area contributed by atoms with Crippen LogP contribution in [0.15, 0.2) is 30.5 Å². The van der Waals surface area contributed by atoms with Crippen molar-refractivity contribution < 1.29 is 4.39 Å². The van der Waals surface area contributed by atoms with Crippen LogP contribution in [-0.2, 0) is 13.5 Å². The van der Waals surface area contributed by atoms with E-state index in [-0.39, 0.29) is 11.9 Å². The minimum absolute atomic E-state index is 0.0214. The fourth-order valence-corrected chi connectivity index (χ4v) is 2.25. The third kappa shape index (κ3) is 2.54. The summed E-state index contributed by atoms with van der Waals surface area (Å²) < 4.78 is 15.5. The molecule has 1 heterocycles. The molecule has 1 aromatic carbocycles. The van der Waals surface area contributed by atoms with Gasteiger partial charge in [0.1, 0.15) is 5.82 Å². The van der Waals surface area contributed by atoms with Crippen LogP contribution in [0.2, 0.25) is 5.02 Å². The number of nitrogens with zero attached hydrogens (tertiary/aromatic N) is 2. The van der Waals surface area contributed by atoms with E-state index < -0.39 is 0 Å². The van der Waals surface area contributed by atoms with Gasteiger partial charge in [0.05, 0.1) is 11.7 Å². The molecule has 18 heavy (non-hydrogen) atoms. The van der Waals surface area contributed by atoms with Gasteiger partial charge in [0, 0.05) is 23.8 Å². The first-order chi connectivity index (χ1) is 8.63. The molecule has 0 fully saturated rings. The van der Waals surface area contributed by atoms with Crippen LogP contribution in [0.3, 0.4) is 0 Å². The summed E-state index contributed by atoms with van der Waals surface area (Å²) >= 11 is 6.04. The zero-order chi connectivity index (χ0) is 13.1. The molecule has 0 saturated heterocycles. The Morgan fingerprint density at radius 1 is 1.44 bits per heavy atom. The van der Waals surface area contributed by atoms with Crippen molar-refractivity contribution in [1.29, 1.82) is 0 Å². The summed E-state index contributed by atoms with van der Waals surface area (Å²) in [4.78, 5) is 0. The third-order valence-electron chi connectivity index (χ3n) is 3.03. The van der Waals surface area contributed by atoms with Crippen molar-refractivity contribution in [3.63, 3.8) is 0 Å². The number of likely N-dealkylation sites (N-methyl/N-ethyl adjacent to an activating group) is 1. The van der Waals surface area contributed by atoms with E-state index >= 15 is 0 Å². The summed E-state index contributed by atoms with van der Waals surface area (Å²) in [6.45, 7) is 0. The second kappa shape index (κ2) is 5.50. The van der Waals surface area contributed by atoms with Crippen molar-refractivity contribution in [2.75, 3.05) is 7.05 Å². The molecule has 2 aromatic rings. The number of aromatic nitrogens is 2. The number of hydrogen-bond acceptors (Lipinski definition) is 2. The van der Waals surface area contributed by atoms with Crippen LogP contribution in [0.4, 0.5) is 4.39 Å². The van der Waals surface area contributed by atoms with Gasteiger partial charge in [0.15, 0.2) is 0 Å². The summed E-state index contributed by atoms with van der Waals surface area (Å²) in [6, 6.07) is 6.63. The van der Waals surface area contributed by atoms with Gasteiger partial charge in [-0.2, -0.15) is 5.10 Å². The van der Waals surface area contributed by atoms with Gasteiger partial charge in [-0.3, -0.25) is 4.68 Å². The molecule has 1 unspecified atom stereocenters. The maximum Gasteiger partial charge on any atom is 0.127 e. The lowest BCUT2D eigenvalue weighted by Gasteiger charge is -2.17. The molecule has 0 aliphatic carbocycles. The molecule has 0 spiro atoms. The van der Waals surface area contributed by atoms with E-state index in [4.69, 9.17) is 11.6 Å². The Labute approximate surface area is 111 Å². The van der Waals surface area contributed by atoms with Gasteiger partial charge in [0.25, 0.3) is 0 Å². The Bertz CT molecular complexity index is 519. The van der Waals surface area contributed by atoms with Gasteiger partial charge in [0.2, 0.25) is 0 Å². The molecular formula is C13H15ClFN3. The summed E-state index contributed by atoms with van der Waals surface area (Å²) in [5.74, 6) is -0.273. The molecule has 0 saturated carbocycles. The van der Waals surface area contributed by atoms with Gasteiger partial charge in [-0.15, -0.1) is 0 Å². The molecule has 1 aromatic heterocycles. The Balaban J connectivity index is 2.29. The average molecular weight is 268 g/mol. The molecule has 0 amide bonds. The van der Waals surface area contributed by atoms with Crippen LogP contribution in [-0.4, -0.2) is 16.8 Å². The highest BCUT2D eigenvalue weighted by Crippen LogP contribution is 2.25. The van der Waals surface area contributed by atoms with Crippen molar-refractivity contribution in [2.24, 2.45) is 7.05 Å². The number of hydrogen-bond donors (Lipinski definition) is 1. The highest BCUT2D eigenvalue weighted by molar-refractivity contribution is 6.31. The molecule has 1 N–H and O–H groups in total. The van der Waals surface area contributed by atoms with Crippen LogP contribution in [0.25, 0.3) is 0 Å². The molecule has 0 aliphatic rings. The lowest BCUT2D eigenvalue weighted by molar-refractivity contribution is 0.519.